The molecule has 2 aromatic carbocycles. The molecule has 0 bridgehead atoms. The van der Waals surface area contributed by atoms with Gasteiger partial charge >= 0.3 is 0 Å². The number of carbonyl (C=O) groups excluding carboxylic acids is 1. The van der Waals surface area contributed by atoms with Crippen molar-refractivity contribution >= 4 is 6.29 Å². The van der Waals surface area contributed by atoms with Gasteiger partial charge in [-0.15, -0.1) is 0 Å². The summed E-state index contributed by atoms with van der Waals surface area (Å²) >= 11 is 0. The smallest absolute Gasteiger partial charge is 0.153 e. The third kappa shape index (κ3) is 8.09. The molecule has 5 rings (SSSR count). The summed E-state index contributed by atoms with van der Waals surface area (Å²) in [7, 11) is 0. The molecule has 3 heterocycles. The zero-order chi connectivity index (χ0) is 30.0. The van der Waals surface area contributed by atoms with Crippen molar-refractivity contribution in [2.75, 3.05) is 0 Å². The van der Waals surface area contributed by atoms with Crippen LogP contribution in [-0.4, -0.2) is 41.3 Å². The second kappa shape index (κ2) is 14.3. The Morgan fingerprint density at radius 1 is 0.581 bits per heavy atom. The third-order valence-electron chi connectivity index (χ3n) is 7.21. The number of phenolic OH excluding ortho intramolecular Hbond substituents is 2. The summed E-state index contributed by atoms with van der Waals surface area (Å²) in [6.45, 7) is 4.84. The van der Waals surface area contributed by atoms with Gasteiger partial charge in [0.15, 0.2) is 6.29 Å². The van der Waals surface area contributed by atoms with Gasteiger partial charge in [-0.05, 0) is 55.0 Å². The van der Waals surface area contributed by atoms with Crippen molar-refractivity contribution in [3.8, 4) is 11.5 Å². The molecular formula is C35H35N5O3. The van der Waals surface area contributed by atoms with Gasteiger partial charge in [0.1, 0.15) is 11.5 Å². The molecule has 8 nitrogen and oxygen atoms in total. The first-order valence-electron chi connectivity index (χ1n) is 14.2. The van der Waals surface area contributed by atoms with Crippen LogP contribution in [0.5, 0.6) is 11.5 Å². The Balaban J connectivity index is 1.41. The number of nitrogens with zero attached hydrogens (tertiary/aromatic N) is 5. The molecular weight excluding hydrogens is 538 g/mol. The van der Waals surface area contributed by atoms with E-state index in [0.717, 1.165) is 33.8 Å². The van der Waals surface area contributed by atoms with Crippen molar-refractivity contribution in [3.05, 3.63) is 148 Å². The van der Waals surface area contributed by atoms with Crippen LogP contribution in [0, 0.1) is 6.92 Å². The van der Waals surface area contributed by atoms with Crippen LogP contribution in [0.2, 0.25) is 0 Å². The van der Waals surface area contributed by atoms with E-state index in [1.807, 2.05) is 85.8 Å². The van der Waals surface area contributed by atoms with Crippen molar-refractivity contribution in [2.45, 2.75) is 46.2 Å². The zero-order valence-corrected chi connectivity index (χ0v) is 24.2. The van der Waals surface area contributed by atoms with Gasteiger partial charge in [-0.3, -0.25) is 29.5 Å². The number of phenols is 2. The lowest BCUT2D eigenvalue weighted by molar-refractivity contribution is 0.112. The first-order valence-corrected chi connectivity index (χ1v) is 14.2. The number of hydrogen-bond acceptors (Lipinski definition) is 8. The predicted octanol–water partition coefficient (Wildman–Crippen LogP) is 5.81. The average Bonchev–Trinajstić information content (AvgIpc) is 3.02. The molecule has 0 aliphatic carbocycles. The van der Waals surface area contributed by atoms with Gasteiger partial charge in [-0.25, -0.2) is 0 Å². The van der Waals surface area contributed by atoms with Crippen molar-refractivity contribution in [2.24, 2.45) is 0 Å². The number of aromatic hydroxyl groups is 2. The number of hydrogen-bond donors (Lipinski definition) is 2. The summed E-state index contributed by atoms with van der Waals surface area (Å²) in [5, 5.41) is 22.3. The summed E-state index contributed by atoms with van der Waals surface area (Å²) in [4.78, 5) is 29.4. The molecule has 0 radical (unpaired) electrons. The van der Waals surface area contributed by atoms with E-state index >= 15 is 0 Å². The normalized spacial score (nSPS) is 11.2. The lowest BCUT2D eigenvalue weighted by Crippen LogP contribution is -2.25. The number of benzene rings is 2. The molecule has 0 spiro atoms. The lowest BCUT2D eigenvalue weighted by Gasteiger charge is -2.25. The molecule has 0 aliphatic rings. The molecule has 3 aromatic heterocycles. The topological polar surface area (TPSA) is 103 Å². The fraction of sp³-hybridized carbons (Fsp3) is 0.200. The van der Waals surface area contributed by atoms with Gasteiger partial charge in [0.25, 0.3) is 0 Å². The van der Waals surface area contributed by atoms with Crippen molar-refractivity contribution in [1.29, 1.82) is 0 Å². The highest BCUT2D eigenvalue weighted by molar-refractivity contribution is 5.80. The minimum Gasteiger partial charge on any atom is -0.507 e. The summed E-state index contributed by atoms with van der Waals surface area (Å²) in [5.41, 5.74) is 6.07. The SMILES string of the molecule is Cc1cc(C=O)c(O)c(CN(Cc2ccccn2)Cc2cccc(CN(Cc3ccccn3)Cc3ccccn3)c2O)c1. The maximum Gasteiger partial charge on any atom is 0.153 e. The molecule has 218 valence electrons. The van der Waals surface area contributed by atoms with Gasteiger partial charge < -0.3 is 10.2 Å². The largest absolute Gasteiger partial charge is 0.507 e. The number of aryl methyl sites for hydroxylation is 1. The van der Waals surface area contributed by atoms with E-state index in [-0.39, 0.29) is 17.1 Å². The second-order valence-electron chi connectivity index (χ2n) is 10.7. The lowest BCUT2D eigenvalue weighted by atomic mass is 10.0. The molecule has 0 saturated carbocycles. The fourth-order valence-electron chi connectivity index (χ4n) is 5.21. The van der Waals surface area contributed by atoms with Crippen LogP contribution in [0.15, 0.2) is 104 Å². The number of pyridine rings is 3. The molecule has 0 fully saturated rings. The van der Waals surface area contributed by atoms with Crippen molar-refractivity contribution < 1.29 is 15.0 Å². The number of para-hydroxylation sites is 1. The van der Waals surface area contributed by atoms with Crippen LogP contribution in [0.4, 0.5) is 0 Å². The summed E-state index contributed by atoms with van der Waals surface area (Å²) < 4.78 is 0. The van der Waals surface area contributed by atoms with Crippen molar-refractivity contribution in [1.82, 2.24) is 24.8 Å². The van der Waals surface area contributed by atoms with Gasteiger partial charge in [-0.1, -0.05) is 42.5 Å². The quantitative estimate of drug-likeness (QED) is 0.170. The zero-order valence-electron chi connectivity index (χ0n) is 24.2. The molecule has 43 heavy (non-hydrogen) atoms. The Labute approximate surface area is 252 Å². The predicted molar refractivity (Wildman–Crippen MR) is 165 cm³/mol. The summed E-state index contributed by atoms with van der Waals surface area (Å²) in [6.07, 6.45) is 5.99. The molecule has 0 saturated heterocycles. The first kappa shape index (κ1) is 29.6. The van der Waals surface area contributed by atoms with Crippen LogP contribution in [0.3, 0.4) is 0 Å². The van der Waals surface area contributed by atoms with Gasteiger partial charge in [0.05, 0.1) is 22.6 Å². The van der Waals surface area contributed by atoms with E-state index < -0.39 is 0 Å². The number of carbonyl (C=O) groups is 1. The minimum absolute atomic E-state index is 0.0238. The second-order valence-corrected chi connectivity index (χ2v) is 10.7. The highest BCUT2D eigenvalue weighted by Crippen LogP contribution is 2.29. The highest BCUT2D eigenvalue weighted by atomic mass is 16.3. The van der Waals surface area contributed by atoms with Crippen LogP contribution < -0.4 is 0 Å². The maximum atomic E-state index is 11.6. The van der Waals surface area contributed by atoms with Gasteiger partial charge in [0.2, 0.25) is 0 Å². The summed E-state index contributed by atoms with van der Waals surface area (Å²) in [5.74, 6) is 0.201. The Morgan fingerprint density at radius 3 is 1.49 bits per heavy atom. The average molecular weight is 574 g/mol. The Morgan fingerprint density at radius 2 is 1.05 bits per heavy atom. The van der Waals surface area contributed by atoms with E-state index in [1.165, 1.54) is 0 Å². The standard InChI is InChI=1S/C35H35N5O3/c1-26-17-29(35(43)30(18-26)25-41)21-39(22-31-11-2-5-14-36-31)19-27-9-8-10-28(34(27)42)20-40(23-32-12-3-6-15-37-32)24-33-13-4-7-16-38-33/h2-18,25,42-43H,19-24H2,1H3. The number of rotatable bonds is 13. The fourth-order valence-corrected chi connectivity index (χ4v) is 5.21. The minimum atomic E-state index is -0.0238. The van der Waals surface area contributed by atoms with Crippen molar-refractivity contribution in [3.63, 3.8) is 0 Å². The molecule has 2 N–H and O–H groups in total. The Bertz CT molecular complexity index is 1590. The molecule has 0 unspecified atom stereocenters. The molecule has 0 atom stereocenters. The van der Waals surface area contributed by atoms with E-state index in [1.54, 1.807) is 24.7 Å². The number of aldehydes is 1. The molecule has 0 amide bonds. The van der Waals surface area contributed by atoms with Crippen LogP contribution in [0.25, 0.3) is 0 Å². The monoisotopic (exact) mass is 573 g/mol. The van der Waals surface area contributed by atoms with Crippen LogP contribution >= 0.6 is 0 Å². The van der Waals surface area contributed by atoms with E-state index in [2.05, 4.69) is 24.8 Å². The number of aromatic nitrogens is 3. The Kier molecular flexibility index (Phi) is 9.84. The van der Waals surface area contributed by atoms with E-state index in [0.29, 0.717) is 51.1 Å². The molecule has 8 heteroatoms. The Hall–Kier alpha value is -4.92. The van der Waals surface area contributed by atoms with Gasteiger partial charge in [0, 0.05) is 74.5 Å². The first-order chi connectivity index (χ1) is 21.0. The third-order valence-corrected chi connectivity index (χ3v) is 7.21. The maximum absolute atomic E-state index is 11.6. The van der Waals surface area contributed by atoms with Gasteiger partial charge in [-0.2, -0.15) is 0 Å². The molecule has 0 aliphatic heterocycles. The highest BCUT2D eigenvalue weighted by Gasteiger charge is 2.18. The molecule has 5 aromatic rings. The van der Waals surface area contributed by atoms with E-state index in [9.17, 15) is 15.0 Å². The van der Waals surface area contributed by atoms with Crippen LogP contribution in [-0.2, 0) is 39.3 Å². The summed E-state index contributed by atoms with van der Waals surface area (Å²) in [6, 6.07) is 26.8. The van der Waals surface area contributed by atoms with Crippen LogP contribution in [0.1, 0.15) is 49.7 Å². The van der Waals surface area contributed by atoms with E-state index in [4.69, 9.17) is 0 Å².